The van der Waals surface area contributed by atoms with E-state index in [1.165, 1.54) is 0 Å². The number of hydrogen-bond donors (Lipinski definition) is 1. The van der Waals surface area contributed by atoms with Crippen molar-refractivity contribution in [2.75, 3.05) is 18.9 Å². The molecule has 0 radical (unpaired) electrons. The van der Waals surface area contributed by atoms with Crippen molar-refractivity contribution in [2.45, 2.75) is 36.5 Å². The van der Waals surface area contributed by atoms with E-state index in [4.69, 9.17) is 26.8 Å². The number of halogens is 1. The molecular weight excluding hydrogens is 298 g/mol. The second-order valence-electron chi connectivity index (χ2n) is 4.62. The van der Waals surface area contributed by atoms with Crippen LogP contribution in [0.2, 0.25) is 5.02 Å². The number of rotatable bonds is 4. The average molecular weight is 316 g/mol. The maximum Gasteiger partial charge on any atom is 0.339 e. The zero-order valence-corrected chi connectivity index (χ0v) is 13.1. The van der Waals surface area contributed by atoms with Gasteiger partial charge >= 0.3 is 5.97 Å². The van der Waals surface area contributed by atoms with Gasteiger partial charge in [0, 0.05) is 22.4 Å². The van der Waals surface area contributed by atoms with E-state index >= 15 is 0 Å². The lowest BCUT2D eigenvalue weighted by atomic mass is 10.2. The van der Waals surface area contributed by atoms with Crippen molar-refractivity contribution in [2.24, 2.45) is 0 Å². The highest BCUT2D eigenvalue weighted by Gasteiger charge is 2.28. The molecule has 2 N–H and O–H groups in total. The zero-order valence-electron chi connectivity index (χ0n) is 11.5. The molecule has 0 aliphatic carbocycles. The molecule has 1 aromatic carbocycles. The molecule has 20 heavy (non-hydrogen) atoms. The molecule has 0 amide bonds. The maximum absolute atomic E-state index is 12.0. The first-order valence-electron chi connectivity index (χ1n) is 6.57. The molecule has 2 atom stereocenters. The lowest BCUT2D eigenvalue weighted by molar-refractivity contribution is 0.0522. The number of esters is 1. The molecule has 1 aliphatic heterocycles. The van der Waals surface area contributed by atoms with Crippen LogP contribution in [0.3, 0.4) is 0 Å². The Hall–Kier alpha value is -0.910. The van der Waals surface area contributed by atoms with E-state index < -0.39 is 5.97 Å². The molecule has 1 aliphatic rings. The molecule has 2 unspecified atom stereocenters. The minimum atomic E-state index is -0.393. The Morgan fingerprint density at radius 2 is 2.35 bits per heavy atom. The number of nitrogen functional groups attached to an aromatic ring is 1. The van der Waals surface area contributed by atoms with Crippen LogP contribution in [-0.4, -0.2) is 30.5 Å². The highest BCUT2D eigenvalue weighted by molar-refractivity contribution is 8.00. The first kappa shape index (κ1) is 15.5. The molecule has 1 aromatic rings. The monoisotopic (exact) mass is 315 g/mol. The van der Waals surface area contributed by atoms with Crippen LogP contribution < -0.4 is 5.73 Å². The minimum Gasteiger partial charge on any atom is -0.462 e. The Morgan fingerprint density at radius 3 is 2.95 bits per heavy atom. The van der Waals surface area contributed by atoms with Crippen molar-refractivity contribution in [1.29, 1.82) is 0 Å². The Kier molecular flexibility index (Phi) is 5.18. The molecule has 0 spiro atoms. The predicted octanol–water partition coefficient (Wildman–Crippen LogP) is 3.37. The summed E-state index contributed by atoms with van der Waals surface area (Å²) in [4.78, 5) is 12.8. The fourth-order valence-corrected chi connectivity index (χ4v) is 3.70. The van der Waals surface area contributed by atoms with E-state index in [2.05, 4.69) is 0 Å². The number of nitrogens with two attached hydrogens (primary N) is 1. The standard InChI is InChI=1S/C14H18ClNO3S/c1-3-18-14(17)10-6-9(16)7-11(15)13(10)20-12-4-5-19-8(12)2/h6-8,12H,3-5,16H2,1-2H3. The average Bonchev–Trinajstić information content (AvgIpc) is 2.78. The van der Waals surface area contributed by atoms with Crippen molar-refractivity contribution in [3.8, 4) is 0 Å². The van der Waals surface area contributed by atoms with Crippen molar-refractivity contribution >= 4 is 35.0 Å². The van der Waals surface area contributed by atoms with Gasteiger partial charge < -0.3 is 15.2 Å². The normalized spacial score (nSPS) is 21.9. The Balaban J connectivity index is 2.32. The van der Waals surface area contributed by atoms with Gasteiger partial charge in [0.1, 0.15) is 0 Å². The first-order valence-corrected chi connectivity index (χ1v) is 7.83. The van der Waals surface area contributed by atoms with Gasteiger partial charge in [-0.3, -0.25) is 0 Å². The maximum atomic E-state index is 12.0. The second kappa shape index (κ2) is 6.70. The molecule has 4 nitrogen and oxygen atoms in total. The Labute approximate surface area is 127 Å². The van der Waals surface area contributed by atoms with E-state index in [-0.39, 0.29) is 11.4 Å². The number of hydrogen-bond acceptors (Lipinski definition) is 5. The molecule has 1 heterocycles. The third kappa shape index (κ3) is 3.40. The minimum absolute atomic E-state index is 0.142. The smallest absolute Gasteiger partial charge is 0.339 e. The van der Waals surface area contributed by atoms with Crippen LogP contribution in [0.1, 0.15) is 30.6 Å². The van der Waals surface area contributed by atoms with Gasteiger partial charge in [0.2, 0.25) is 0 Å². The molecule has 110 valence electrons. The van der Waals surface area contributed by atoms with Gasteiger partial charge in [-0.15, -0.1) is 11.8 Å². The van der Waals surface area contributed by atoms with Gasteiger partial charge in [0.05, 0.1) is 23.3 Å². The number of ether oxygens (including phenoxy) is 2. The Bertz CT molecular complexity index is 509. The van der Waals surface area contributed by atoms with E-state index in [1.54, 1.807) is 30.8 Å². The number of anilines is 1. The number of benzene rings is 1. The first-order chi connectivity index (χ1) is 9.52. The molecular formula is C14H18ClNO3S. The largest absolute Gasteiger partial charge is 0.462 e. The summed E-state index contributed by atoms with van der Waals surface area (Å²) >= 11 is 7.82. The summed E-state index contributed by atoms with van der Waals surface area (Å²) in [6.45, 7) is 4.85. The van der Waals surface area contributed by atoms with E-state index in [0.29, 0.717) is 22.9 Å². The van der Waals surface area contributed by atoms with Crippen LogP contribution in [0, 0.1) is 0 Å². The molecule has 1 saturated heterocycles. The number of thioether (sulfide) groups is 1. The highest BCUT2D eigenvalue weighted by Crippen LogP contribution is 2.39. The van der Waals surface area contributed by atoms with Crippen LogP contribution in [0.4, 0.5) is 5.69 Å². The van der Waals surface area contributed by atoms with Gasteiger partial charge in [-0.2, -0.15) is 0 Å². The number of carbonyl (C=O) groups excluding carboxylic acids is 1. The Morgan fingerprint density at radius 1 is 1.60 bits per heavy atom. The predicted molar refractivity (Wildman–Crippen MR) is 81.5 cm³/mol. The lowest BCUT2D eigenvalue weighted by Gasteiger charge is -2.17. The van der Waals surface area contributed by atoms with Crippen LogP contribution in [0.5, 0.6) is 0 Å². The molecule has 2 rings (SSSR count). The SMILES string of the molecule is CCOC(=O)c1cc(N)cc(Cl)c1SC1CCOC1C. The summed E-state index contributed by atoms with van der Waals surface area (Å²) in [5.74, 6) is -0.393. The summed E-state index contributed by atoms with van der Waals surface area (Å²) in [5, 5.41) is 0.765. The van der Waals surface area contributed by atoms with Gasteiger partial charge in [0.25, 0.3) is 0 Å². The van der Waals surface area contributed by atoms with E-state index in [1.807, 2.05) is 6.92 Å². The van der Waals surface area contributed by atoms with Gasteiger partial charge in [-0.1, -0.05) is 11.6 Å². The molecule has 6 heteroatoms. The van der Waals surface area contributed by atoms with Gasteiger partial charge in [-0.05, 0) is 32.4 Å². The van der Waals surface area contributed by atoms with Crippen molar-refractivity contribution in [3.05, 3.63) is 22.7 Å². The van der Waals surface area contributed by atoms with Gasteiger partial charge in [-0.25, -0.2) is 4.79 Å². The third-order valence-electron chi connectivity index (χ3n) is 3.14. The molecule has 0 aromatic heterocycles. The van der Waals surface area contributed by atoms with E-state index in [0.717, 1.165) is 17.9 Å². The second-order valence-corrected chi connectivity index (χ2v) is 6.28. The van der Waals surface area contributed by atoms with Crippen molar-refractivity contribution in [3.63, 3.8) is 0 Å². The molecule has 1 fully saturated rings. The number of carbonyl (C=O) groups is 1. The highest BCUT2D eigenvalue weighted by atomic mass is 35.5. The van der Waals surface area contributed by atoms with Crippen LogP contribution in [0.15, 0.2) is 17.0 Å². The van der Waals surface area contributed by atoms with E-state index in [9.17, 15) is 4.79 Å². The molecule has 0 saturated carbocycles. The van der Waals surface area contributed by atoms with Crippen LogP contribution in [-0.2, 0) is 9.47 Å². The van der Waals surface area contributed by atoms with Gasteiger partial charge in [0.15, 0.2) is 0 Å². The van der Waals surface area contributed by atoms with Crippen LogP contribution >= 0.6 is 23.4 Å². The summed E-state index contributed by atoms with van der Waals surface area (Å²) in [6.07, 6.45) is 1.08. The fraction of sp³-hybridized carbons (Fsp3) is 0.500. The summed E-state index contributed by atoms with van der Waals surface area (Å²) < 4.78 is 10.6. The third-order valence-corrected chi connectivity index (χ3v) is 5.14. The van der Waals surface area contributed by atoms with Crippen LogP contribution in [0.25, 0.3) is 0 Å². The summed E-state index contributed by atoms with van der Waals surface area (Å²) in [7, 11) is 0. The topological polar surface area (TPSA) is 61.5 Å². The van der Waals surface area contributed by atoms with Crippen molar-refractivity contribution < 1.29 is 14.3 Å². The van der Waals surface area contributed by atoms with Crippen molar-refractivity contribution in [1.82, 2.24) is 0 Å². The molecule has 0 bridgehead atoms. The quantitative estimate of drug-likeness (QED) is 0.682. The zero-order chi connectivity index (χ0) is 14.7. The summed E-state index contributed by atoms with van der Waals surface area (Å²) in [5.41, 5.74) is 6.66. The summed E-state index contributed by atoms with van der Waals surface area (Å²) in [6, 6.07) is 3.28. The lowest BCUT2D eigenvalue weighted by Crippen LogP contribution is -2.15. The fourth-order valence-electron chi connectivity index (χ4n) is 2.11.